The molecule has 0 fully saturated rings. The summed E-state index contributed by atoms with van der Waals surface area (Å²) in [6.07, 6.45) is 0.513. The van der Waals surface area contributed by atoms with E-state index in [1.807, 2.05) is 31.2 Å². The van der Waals surface area contributed by atoms with Crippen LogP contribution < -0.4 is 5.32 Å². The number of likely N-dealkylation sites (N-methyl/N-ethyl adjacent to an activating group) is 1. The molecular weight excluding hydrogens is 305 g/mol. The molecule has 0 aliphatic heterocycles. The second kappa shape index (κ2) is 4.94. The van der Waals surface area contributed by atoms with Gasteiger partial charge in [-0.15, -0.1) is 0 Å². The van der Waals surface area contributed by atoms with Gasteiger partial charge in [0.15, 0.2) is 0 Å². The minimum atomic E-state index is -0.968. The molecule has 0 amide bonds. The van der Waals surface area contributed by atoms with E-state index in [1.165, 1.54) is 0 Å². The summed E-state index contributed by atoms with van der Waals surface area (Å²) in [4.78, 5) is 11.3. The molecule has 82 valence electrons. The van der Waals surface area contributed by atoms with Gasteiger partial charge in [0.05, 0.1) is 0 Å². The maximum absolute atomic E-state index is 11.3. The van der Waals surface area contributed by atoms with Gasteiger partial charge in [0, 0.05) is 3.57 Å². The van der Waals surface area contributed by atoms with Crippen LogP contribution in [0.15, 0.2) is 24.3 Å². The zero-order valence-electron chi connectivity index (χ0n) is 8.75. The number of nitrogens with one attached hydrogen (secondary N) is 1. The normalized spacial score (nSPS) is 14.6. The molecule has 0 saturated heterocycles. The highest BCUT2D eigenvalue weighted by molar-refractivity contribution is 14.1. The van der Waals surface area contributed by atoms with Gasteiger partial charge in [-0.1, -0.05) is 19.1 Å². The van der Waals surface area contributed by atoms with Crippen molar-refractivity contribution in [3.63, 3.8) is 0 Å². The van der Waals surface area contributed by atoms with Crippen molar-refractivity contribution in [2.45, 2.75) is 18.9 Å². The van der Waals surface area contributed by atoms with Gasteiger partial charge in [-0.05, 0) is 53.8 Å². The molecule has 0 spiro atoms. The molecule has 0 bridgehead atoms. The van der Waals surface area contributed by atoms with Crippen LogP contribution in [0.1, 0.15) is 18.9 Å². The Labute approximate surface area is 103 Å². The Morgan fingerprint density at radius 3 is 2.33 bits per heavy atom. The zero-order chi connectivity index (χ0) is 11.5. The van der Waals surface area contributed by atoms with Gasteiger partial charge in [0.25, 0.3) is 0 Å². The summed E-state index contributed by atoms with van der Waals surface area (Å²) in [5.41, 5.74) is -0.176. The van der Waals surface area contributed by atoms with Crippen molar-refractivity contribution >= 4 is 28.6 Å². The van der Waals surface area contributed by atoms with E-state index in [4.69, 9.17) is 0 Å². The minimum Gasteiger partial charge on any atom is -0.480 e. The summed E-state index contributed by atoms with van der Waals surface area (Å²) >= 11 is 2.20. The second-order valence-electron chi connectivity index (χ2n) is 3.32. The highest BCUT2D eigenvalue weighted by Crippen LogP contribution is 2.25. The molecule has 0 aromatic heterocycles. The van der Waals surface area contributed by atoms with Gasteiger partial charge in [0.1, 0.15) is 5.54 Å². The largest absolute Gasteiger partial charge is 0.480 e. The molecule has 0 aliphatic carbocycles. The molecule has 1 aromatic rings. The quantitative estimate of drug-likeness (QED) is 0.837. The van der Waals surface area contributed by atoms with E-state index < -0.39 is 11.5 Å². The van der Waals surface area contributed by atoms with Gasteiger partial charge in [-0.25, -0.2) is 4.79 Å². The van der Waals surface area contributed by atoms with Crippen molar-refractivity contribution in [2.75, 3.05) is 7.05 Å². The molecule has 0 aliphatic rings. The van der Waals surface area contributed by atoms with Crippen LogP contribution in [0.25, 0.3) is 0 Å². The number of hydrogen-bond acceptors (Lipinski definition) is 2. The monoisotopic (exact) mass is 319 g/mol. The first kappa shape index (κ1) is 12.4. The van der Waals surface area contributed by atoms with E-state index in [-0.39, 0.29) is 0 Å². The van der Waals surface area contributed by atoms with Crippen molar-refractivity contribution in [3.05, 3.63) is 33.4 Å². The lowest BCUT2D eigenvalue weighted by Crippen LogP contribution is -2.46. The second-order valence-corrected chi connectivity index (χ2v) is 4.57. The van der Waals surface area contributed by atoms with E-state index in [9.17, 15) is 9.90 Å². The van der Waals surface area contributed by atoms with E-state index in [0.717, 1.165) is 9.13 Å². The van der Waals surface area contributed by atoms with Crippen LogP contribution in [0.5, 0.6) is 0 Å². The predicted molar refractivity (Wildman–Crippen MR) is 67.8 cm³/mol. The number of hydrogen-bond donors (Lipinski definition) is 2. The smallest absolute Gasteiger partial charge is 0.328 e. The van der Waals surface area contributed by atoms with E-state index in [0.29, 0.717) is 6.42 Å². The molecule has 15 heavy (non-hydrogen) atoms. The van der Waals surface area contributed by atoms with E-state index in [1.54, 1.807) is 7.05 Å². The lowest BCUT2D eigenvalue weighted by Gasteiger charge is -2.28. The average molecular weight is 319 g/mol. The molecular formula is C11H14INO2. The van der Waals surface area contributed by atoms with Crippen LogP contribution in [0, 0.1) is 3.57 Å². The Bertz CT molecular complexity index is 344. The topological polar surface area (TPSA) is 49.3 Å². The van der Waals surface area contributed by atoms with Crippen LogP contribution in [0.4, 0.5) is 0 Å². The first-order chi connectivity index (χ1) is 7.06. The number of rotatable bonds is 4. The van der Waals surface area contributed by atoms with Crippen LogP contribution in [0.2, 0.25) is 0 Å². The first-order valence-electron chi connectivity index (χ1n) is 4.75. The molecule has 1 atom stereocenters. The van der Waals surface area contributed by atoms with Crippen LogP contribution in [-0.4, -0.2) is 18.1 Å². The third-order valence-corrected chi connectivity index (χ3v) is 3.38. The number of carboxylic acid groups (broad SMARTS) is 1. The summed E-state index contributed by atoms with van der Waals surface area (Å²) in [6, 6.07) is 7.55. The number of aliphatic carboxylic acids is 1. The summed E-state index contributed by atoms with van der Waals surface area (Å²) in [5, 5.41) is 12.2. The summed E-state index contributed by atoms with van der Waals surface area (Å²) < 4.78 is 1.10. The number of carboxylic acids is 1. The summed E-state index contributed by atoms with van der Waals surface area (Å²) in [6.45, 7) is 1.86. The molecule has 3 nitrogen and oxygen atoms in total. The zero-order valence-corrected chi connectivity index (χ0v) is 10.9. The van der Waals surface area contributed by atoms with E-state index in [2.05, 4.69) is 27.9 Å². The standard InChI is InChI=1S/C11H14INO2/c1-3-11(13-2,10(14)15)8-4-6-9(12)7-5-8/h4-7,13H,3H2,1-2H3,(H,14,15). The van der Waals surface area contributed by atoms with Crippen molar-refractivity contribution in [1.82, 2.24) is 5.32 Å². The maximum Gasteiger partial charge on any atom is 0.328 e. The molecule has 1 unspecified atom stereocenters. The first-order valence-corrected chi connectivity index (χ1v) is 5.83. The number of carbonyl (C=O) groups is 1. The number of halogens is 1. The third kappa shape index (κ3) is 2.31. The molecule has 1 aromatic carbocycles. The Hall–Kier alpha value is -0.620. The van der Waals surface area contributed by atoms with Gasteiger partial charge in [-0.3, -0.25) is 0 Å². The predicted octanol–water partition coefficient (Wildman–Crippen LogP) is 2.20. The number of benzene rings is 1. The van der Waals surface area contributed by atoms with Crippen LogP contribution in [-0.2, 0) is 10.3 Å². The van der Waals surface area contributed by atoms with Crippen molar-refractivity contribution in [3.8, 4) is 0 Å². The molecule has 1 rings (SSSR count). The highest BCUT2D eigenvalue weighted by atomic mass is 127. The Balaban J connectivity index is 3.20. The fourth-order valence-corrected chi connectivity index (χ4v) is 2.00. The Kier molecular flexibility index (Phi) is 4.10. The Morgan fingerprint density at radius 2 is 2.00 bits per heavy atom. The van der Waals surface area contributed by atoms with E-state index >= 15 is 0 Å². The molecule has 0 radical (unpaired) electrons. The van der Waals surface area contributed by atoms with Gasteiger partial charge >= 0.3 is 5.97 Å². The fraction of sp³-hybridized carbons (Fsp3) is 0.364. The lowest BCUT2D eigenvalue weighted by atomic mass is 9.87. The highest BCUT2D eigenvalue weighted by Gasteiger charge is 2.36. The minimum absolute atomic E-state index is 0.513. The summed E-state index contributed by atoms with van der Waals surface area (Å²) in [7, 11) is 1.68. The maximum atomic E-state index is 11.3. The molecule has 4 heteroatoms. The van der Waals surface area contributed by atoms with Crippen molar-refractivity contribution < 1.29 is 9.90 Å². The van der Waals surface area contributed by atoms with Crippen LogP contribution >= 0.6 is 22.6 Å². The lowest BCUT2D eigenvalue weighted by molar-refractivity contribution is -0.145. The van der Waals surface area contributed by atoms with Crippen molar-refractivity contribution in [2.24, 2.45) is 0 Å². The Morgan fingerprint density at radius 1 is 1.47 bits per heavy atom. The summed E-state index contributed by atoms with van der Waals surface area (Å²) in [5.74, 6) is -0.839. The average Bonchev–Trinajstić information content (AvgIpc) is 2.22. The SMILES string of the molecule is CCC(NC)(C(=O)O)c1ccc(I)cc1. The molecule has 2 N–H and O–H groups in total. The van der Waals surface area contributed by atoms with Crippen LogP contribution in [0.3, 0.4) is 0 Å². The molecule has 0 heterocycles. The fourth-order valence-electron chi connectivity index (χ4n) is 1.64. The van der Waals surface area contributed by atoms with Gasteiger partial charge in [-0.2, -0.15) is 0 Å². The van der Waals surface area contributed by atoms with Crippen molar-refractivity contribution in [1.29, 1.82) is 0 Å². The van der Waals surface area contributed by atoms with Gasteiger partial charge in [0.2, 0.25) is 0 Å². The van der Waals surface area contributed by atoms with Gasteiger partial charge < -0.3 is 10.4 Å². The third-order valence-electron chi connectivity index (χ3n) is 2.66. The molecule has 0 saturated carbocycles.